The van der Waals surface area contributed by atoms with Gasteiger partial charge in [0.15, 0.2) is 30.8 Å². The summed E-state index contributed by atoms with van der Waals surface area (Å²) >= 11 is 0. The summed E-state index contributed by atoms with van der Waals surface area (Å²) in [5.74, 6) is -4.12. The first-order chi connectivity index (χ1) is 29.2. The van der Waals surface area contributed by atoms with Crippen molar-refractivity contribution in [3.05, 3.63) is 23.3 Å². The third-order valence-corrected chi connectivity index (χ3v) is 12.1. The molecule has 0 aromatic carbocycles. The molecule has 0 bridgehead atoms. The summed E-state index contributed by atoms with van der Waals surface area (Å²) in [4.78, 5) is 54.5. The average Bonchev–Trinajstić information content (AvgIpc) is 3.21. The molecule has 3 aliphatic heterocycles. The molecule has 0 spiro atoms. The van der Waals surface area contributed by atoms with E-state index >= 15 is 0 Å². The molecule has 0 saturated carbocycles. The highest BCUT2D eigenvalue weighted by Crippen LogP contribution is 2.37. The van der Waals surface area contributed by atoms with Crippen molar-refractivity contribution in [3.8, 4) is 0 Å². The zero-order valence-electron chi connectivity index (χ0n) is 39.0. The summed E-state index contributed by atoms with van der Waals surface area (Å²) < 4.78 is 65.5. The van der Waals surface area contributed by atoms with Crippen molar-refractivity contribution in [2.24, 2.45) is 17.8 Å². The monoisotopic (exact) mass is 887 g/mol. The number of ether oxygens (including phenoxy) is 11. The van der Waals surface area contributed by atoms with Gasteiger partial charge in [-0.1, -0.05) is 26.8 Å². The van der Waals surface area contributed by atoms with E-state index in [1.165, 1.54) is 48.4 Å². The van der Waals surface area contributed by atoms with Gasteiger partial charge in [0.2, 0.25) is 0 Å². The van der Waals surface area contributed by atoms with Gasteiger partial charge in [-0.05, 0) is 70.8 Å². The molecular weight excluding hydrogens is 814 g/mol. The lowest BCUT2D eigenvalue weighted by Gasteiger charge is -2.48. The Morgan fingerprint density at radius 1 is 0.839 bits per heavy atom. The van der Waals surface area contributed by atoms with Gasteiger partial charge in [-0.25, -0.2) is 0 Å². The standard InChI is InChI=1S/C44H73NO17/c1-15-33-30(21-56-43-42(55-14)41(54-13)37(51)25(5)57-43)22(2)16-17-31(48)23(3)18-29(19-35(52-11)53-12)38(24(4)32(49)20-34(50)61-33)62-44-40(60-28(8)47)36(45(9)10)39(26(6)58-44)59-27(7)46/h16-17,23-26,29,32-33,35-44,49,51H,15,18-21H2,1-14H3/b17-16+,30-22-/t23?,24?,25-,26-,29?,32?,33?,36+,37-,38?,39-,40-,41-,42+,43-,44+/m1/s1. The molecule has 0 amide bonds. The number of rotatable bonds is 15. The normalized spacial score (nSPS) is 38.5. The van der Waals surface area contributed by atoms with Crippen LogP contribution in [0.4, 0.5) is 0 Å². The molecule has 3 rings (SSSR count). The van der Waals surface area contributed by atoms with Crippen LogP contribution in [-0.4, -0.2) is 174 Å². The smallest absolute Gasteiger partial charge is 0.309 e. The molecule has 18 nitrogen and oxygen atoms in total. The van der Waals surface area contributed by atoms with Crippen LogP contribution in [0.1, 0.15) is 81.1 Å². The van der Waals surface area contributed by atoms with Crippen molar-refractivity contribution < 1.29 is 81.5 Å². The van der Waals surface area contributed by atoms with Gasteiger partial charge in [-0.3, -0.25) is 24.1 Å². The number of carbonyl (C=O) groups is 4. The number of aliphatic hydroxyl groups excluding tert-OH is 2. The van der Waals surface area contributed by atoms with Crippen molar-refractivity contribution in [1.29, 1.82) is 0 Å². The molecule has 2 N–H and O–H groups in total. The summed E-state index contributed by atoms with van der Waals surface area (Å²) in [6.45, 7) is 12.9. The molecule has 356 valence electrons. The first-order valence-electron chi connectivity index (χ1n) is 21.4. The SMILES string of the molecule is CCC1OC(=O)CC(O)C(C)C(O[C@@H]2O[C@H](C)[C@@H](OC(C)=O)[C@H](N(C)C)[C@H]2OC(C)=O)C(CC(OC)OC)CC(C)C(=O)/C=C/C(C)=C\1CO[C@@H]1O[C@H](C)[C@@H](O)[C@@H](OC)[C@@H]1OC. The Labute approximate surface area is 366 Å². The number of aliphatic hydroxyl groups is 2. The number of cyclic esters (lactones) is 1. The van der Waals surface area contributed by atoms with Crippen molar-refractivity contribution in [3.63, 3.8) is 0 Å². The highest BCUT2D eigenvalue weighted by Gasteiger charge is 2.52. The number of likely N-dealkylation sites (N-methyl/N-ethyl adjacent to an activating group) is 1. The van der Waals surface area contributed by atoms with Crippen LogP contribution in [0.15, 0.2) is 23.3 Å². The number of carbonyl (C=O) groups excluding carboxylic acids is 4. The maximum atomic E-state index is 14.0. The number of hydrogen-bond donors (Lipinski definition) is 2. The minimum Gasteiger partial charge on any atom is -0.458 e. The van der Waals surface area contributed by atoms with Gasteiger partial charge in [0.25, 0.3) is 0 Å². The van der Waals surface area contributed by atoms with E-state index in [0.717, 1.165) is 0 Å². The fourth-order valence-electron chi connectivity index (χ4n) is 8.59. The van der Waals surface area contributed by atoms with Crippen LogP contribution in [0.3, 0.4) is 0 Å². The van der Waals surface area contributed by atoms with E-state index in [4.69, 9.17) is 52.1 Å². The highest BCUT2D eigenvalue weighted by atomic mass is 16.7. The van der Waals surface area contributed by atoms with Gasteiger partial charge in [-0.2, -0.15) is 0 Å². The molecule has 2 fully saturated rings. The van der Waals surface area contributed by atoms with Crippen LogP contribution in [0, 0.1) is 17.8 Å². The van der Waals surface area contributed by atoms with Crippen LogP contribution in [-0.2, 0) is 71.3 Å². The lowest BCUT2D eigenvalue weighted by atomic mass is 9.79. The third kappa shape index (κ3) is 14.1. The Morgan fingerprint density at radius 2 is 1.44 bits per heavy atom. The molecular formula is C44H73NO17. The van der Waals surface area contributed by atoms with Gasteiger partial charge in [0.1, 0.15) is 30.5 Å². The van der Waals surface area contributed by atoms with Crippen molar-refractivity contribution in [1.82, 2.24) is 4.90 Å². The van der Waals surface area contributed by atoms with E-state index in [9.17, 15) is 29.4 Å². The summed E-state index contributed by atoms with van der Waals surface area (Å²) in [6.07, 6.45) is -8.57. The minimum atomic E-state index is -1.35. The number of allylic oxidation sites excluding steroid dienone is 3. The summed E-state index contributed by atoms with van der Waals surface area (Å²) in [7, 11) is 9.39. The largest absolute Gasteiger partial charge is 0.458 e. The highest BCUT2D eigenvalue weighted by molar-refractivity contribution is 5.91. The van der Waals surface area contributed by atoms with Crippen molar-refractivity contribution >= 4 is 23.7 Å². The second-order valence-electron chi connectivity index (χ2n) is 16.8. The quantitative estimate of drug-likeness (QED) is 0.137. The van der Waals surface area contributed by atoms with Crippen LogP contribution >= 0.6 is 0 Å². The summed E-state index contributed by atoms with van der Waals surface area (Å²) in [6, 6.07) is -0.717. The maximum absolute atomic E-state index is 14.0. The van der Waals surface area contributed by atoms with Gasteiger partial charge in [0, 0.05) is 60.5 Å². The average molecular weight is 888 g/mol. The van der Waals surface area contributed by atoms with Gasteiger partial charge >= 0.3 is 17.9 Å². The van der Waals surface area contributed by atoms with E-state index in [1.54, 1.807) is 59.7 Å². The topological polar surface area (TPSA) is 214 Å². The lowest BCUT2D eigenvalue weighted by Crippen LogP contribution is -2.65. The molecule has 6 unspecified atom stereocenters. The van der Waals surface area contributed by atoms with Gasteiger partial charge < -0.3 is 62.3 Å². The molecule has 0 aliphatic carbocycles. The number of ketones is 1. The summed E-state index contributed by atoms with van der Waals surface area (Å²) in [5, 5.41) is 22.6. The van der Waals surface area contributed by atoms with E-state index in [1.807, 2.05) is 6.92 Å². The number of hydrogen-bond acceptors (Lipinski definition) is 18. The molecule has 18 heteroatoms. The molecule has 16 atom stereocenters. The Hall–Kier alpha value is -2.88. The molecule has 62 heavy (non-hydrogen) atoms. The number of esters is 3. The maximum Gasteiger partial charge on any atom is 0.309 e. The zero-order chi connectivity index (χ0) is 46.6. The second kappa shape index (κ2) is 25.0. The van der Waals surface area contributed by atoms with Gasteiger partial charge in [0.05, 0.1) is 43.5 Å². The minimum absolute atomic E-state index is 0.0998. The van der Waals surface area contributed by atoms with E-state index in [-0.39, 0.29) is 25.2 Å². The zero-order valence-corrected chi connectivity index (χ0v) is 39.0. The fraction of sp³-hybridized carbons (Fsp3) is 0.818. The first-order valence-corrected chi connectivity index (χ1v) is 21.4. The Kier molecular flexibility index (Phi) is 21.5. The van der Waals surface area contributed by atoms with Crippen LogP contribution in [0.25, 0.3) is 0 Å². The predicted molar refractivity (Wildman–Crippen MR) is 222 cm³/mol. The Morgan fingerprint density at radius 3 is 1.98 bits per heavy atom. The Balaban J connectivity index is 2.10. The third-order valence-electron chi connectivity index (χ3n) is 12.1. The van der Waals surface area contributed by atoms with E-state index < -0.39 is 128 Å². The van der Waals surface area contributed by atoms with Crippen LogP contribution in [0.5, 0.6) is 0 Å². The summed E-state index contributed by atoms with van der Waals surface area (Å²) in [5.41, 5.74) is 1.15. The van der Waals surface area contributed by atoms with Gasteiger partial charge in [-0.15, -0.1) is 0 Å². The second-order valence-corrected chi connectivity index (χ2v) is 16.8. The van der Waals surface area contributed by atoms with E-state index in [0.29, 0.717) is 17.6 Å². The fourth-order valence-corrected chi connectivity index (χ4v) is 8.59. The van der Waals surface area contributed by atoms with E-state index in [2.05, 4.69) is 0 Å². The molecule has 0 radical (unpaired) electrons. The number of nitrogens with zero attached hydrogens (tertiary/aromatic N) is 1. The molecule has 0 aromatic rings. The van der Waals surface area contributed by atoms with Crippen molar-refractivity contribution in [2.75, 3.05) is 49.1 Å². The van der Waals surface area contributed by atoms with Crippen molar-refractivity contribution in [2.45, 2.75) is 167 Å². The lowest BCUT2D eigenvalue weighted by molar-refractivity contribution is -0.309. The number of methoxy groups -OCH3 is 4. The Bertz CT molecular complexity index is 1520. The molecule has 3 heterocycles. The molecule has 3 aliphatic rings. The predicted octanol–water partition coefficient (Wildman–Crippen LogP) is 2.88. The van der Waals surface area contributed by atoms with Crippen LogP contribution in [0.2, 0.25) is 0 Å². The first kappa shape index (κ1) is 53.5. The molecule has 2 saturated heterocycles. The molecule has 0 aromatic heterocycles. The van der Waals surface area contributed by atoms with Crippen LogP contribution < -0.4 is 0 Å².